The lowest BCUT2D eigenvalue weighted by atomic mass is 10.2. The minimum absolute atomic E-state index is 0.0316. The summed E-state index contributed by atoms with van der Waals surface area (Å²) in [5.41, 5.74) is 3.02. The molecule has 3 aromatic rings. The van der Waals surface area contributed by atoms with Gasteiger partial charge in [0.1, 0.15) is 5.82 Å². The van der Waals surface area contributed by atoms with Crippen LogP contribution in [0.15, 0.2) is 53.4 Å². The molecule has 0 unspecified atom stereocenters. The lowest BCUT2D eigenvalue weighted by Crippen LogP contribution is -2.25. The van der Waals surface area contributed by atoms with Crippen LogP contribution < -0.4 is 10.0 Å². The molecule has 0 saturated heterocycles. The maximum absolute atomic E-state index is 13.4. The Morgan fingerprint density at radius 2 is 1.77 bits per heavy atom. The third-order valence-electron chi connectivity index (χ3n) is 4.77. The quantitative estimate of drug-likeness (QED) is 0.520. The highest BCUT2D eigenvalue weighted by molar-refractivity contribution is 7.92. The first kappa shape index (κ1) is 22.5. The predicted molar refractivity (Wildman–Crippen MR) is 117 cm³/mol. The molecule has 0 fully saturated rings. The van der Waals surface area contributed by atoms with Crippen LogP contribution in [-0.4, -0.2) is 30.7 Å². The number of halogens is 1. The van der Waals surface area contributed by atoms with E-state index in [0.29, 0.717) is 24.3 Å². The van der Waals surface area contributed by atoms with Crippen molar-refractivity contribution in [1.82, 2.24) is 15.1 Å². The van der Waals surface area contributed by atoms with Crippen LogP contribution in [0.4, 0.5) is 10.1 Å². The zero-order valence-corrected chi connectivity index (χ0v) is 18.5. The van der Waals surface area contributed by atoms with E-state index in [0.717, 1.165) is 23.9 Å². The van der Waals surface area contributed by atoms with Crippen LogP contribution in [0, 0.1) is 26.6 Å². The molecule has 0 spiro atoms. The summed E-state index contributed by atoms with van der Waals surface area (Å²) in [4.78, 5) is 12.3. The zero-order valence-electron chi connectivity index (χ0n) is 17.6. The minimum Gasteiger partial charge on any atom is -0.352 e. The lowest BCUT2D eigenvalue weighted by molar-refractivity contribution is 0.0952. The number of anilines is 1. The first-order chi connectivity index (χ1) is 14.7. The SMILES string of the molecule is Cc1cc(C)n(CCCNC(=O)c2ccc(NS(=O)(=O)c3ccc(F)c(C)c3)cc2)n1. The number of carbonyl (C=O) groups excluding carboxylic acids is 1. The molecule has 0 radical (unpaired) electrons. The van der Waals surface area contributed by atoms with Crippen LogP contribution in [0.2, 0.25) is 0 Å². The van der Waals surface area contributed by atoms with E-state index < -0.39 is 15.8 Å². The highest BCUT2D eigenvalue weighted by atomic mass is 32.2. The van der Waals surface area contributed by atoms with Gasteiger partial charge in [0.2, 0.25) is 0 Å². The molecule has 31 heavy (non-hydrogen) atoms. The van der Waals surface area contributed by atoms with E-state index in [1.165, 1.54) is 31.2 Å². The zero-order chi connectivity index (χ0) is 22.6. The fourth-order valence-electron chi connectivity index (χ4n) is 3.12. The highest BCUT2D eigenvalue weighted by Gasteiger charge is 2.16. The maximum atomic E-state index is 13.4. The Kier molecular flexibility index (Phi) is 6.74. The number of aryl methyl sites for hydroxylation is 4. The number of amides is 1. The molecule has 2 N–H and O–H groups in total. The third-order valence-corrected chi connectivity index (χ3v) is 6.15. The van der Waals surface area contributed by atoms with Gasteiger partial charge in [-0.1, -0.05) is 0 Å². The minimum atomic E-state index is -3.86. The van der Waals surface area contributed by atoms with Crippen molar-refractivity contribution in [2.75, 3.05) is 11.3 Å². The van der Waals surface area contributed by atoms with E-state index in [4.69, 9.17) is 0 Å². The van der Waals surface area contributed by atoms with Crippen LogP contribution in [0.25, 0.3) is 0 Å². The number of nitrogens with one attached hydrogen (secondary N) is 2. The van der Waals surface area contributed by atoms with Crippen molar-refractivity contribution in [3.05, 3.63) is 76.9 Å². The van der Waals surface area contributed by atoms with Crippen molar-refractivity contribution in [2.45, 2.75) is 38.6 Å². The van der Waals surface area contributed by atoms with Gasteiger partial charge in [-0.05, 0) is 81.3 Å². The van der Waals surface area contributed by atoms with Crippen molar-refractivity contribution < 1.29 is 17.6 Å². The fourth-order valence-corrected chi connectivity index (χ4v) is 4.27. The van der Waals surface area contributed by atoms with Crippen molar-refractivity contribution in [3.63, 3.8) is 0 Å². The summed E-state index contributed by atoms with van der Waals surface area (Å²) in [5.74, 6) is -0.707. The molecular formula is C22H25FN4O3S. The third kappa shape index (κ3) is 5.69. The Morgan fingerprint density at radius 3 is 2.39 bits per heavy atom. The van der Waals surface area contributed by atoms with Gasteiger partial charge in [-0.25, -0.2) is 12.8 Å². The van der Waals surface area contributed by atoms with Gasteiger partial charge in [0.25, 0.3) is 15.9 Å². The second-order valence-corrected chi connectivity index (χ2v) is 9.04. The van der Waals surface area contributed by atoms with Gasteiger partial charge in [0.05, 0.1) is 10.6 Å². The summed E-state index contributed by atoms with van der Waals surface area (Å²) in [6, 6.07) is 11.7. The molecule has 7 nitrogen and oxygen atoms in total. The van der Waals surface area contributed by atoms with Crippen LogP contribution in [-0.2, 0) is 16.6 Å². The Bertz CT molecular complexity index is 1190. The number of hydrogen-bond donors (Lipinski definition) is 2. The molecule has 2 aromatic carbocycles. The molecule has 0 saturated carbocycles. The molecule has 0 aliphatic heterocycles. The summed E-state index contributed by atoms with van der Waals surface area (Å²) in [6.45, 7) is 6.64. The number of sulfonamides is 1. The Labute approximate surface area is 181 Å². The average molecular weight is 445 g/mol. The lowest BCUT2D eigenvalue weighted by Gasteiger charge is -2.10. The van der Waals surface area contributed by atoms with E-state index in [1.54, 1.807) is 12.1 Å². The Balaban J connectivity index is 1.54. The van der Waals surface area contributed by atoms with E-state index in [9.17, 15) is 17.6 Å². The maximum Gasteiger partial charge on any atom is 0.261 e. The summed E-state index contributed by atoms with van der Waals surface area (Å²) < 4.78 is 42.7. The molecule has 1 amide bonds. The number of hydrogen-bond acceptors (Lipinski definition) is 4. The van der Waals surface area contributed by atoms with Crippen molar-refractivity contribution in [2.24, 2.45) is 0 Å². The molecule has 3 rings (SSSR count). The molecule has 9 heteroatoms. The van der Waals surface area contributed by atoms with Crippen LogP contribution in [0.5, 0.6) is 0 Å². The molecule has 1 heterocycles. The molecule has 0 atom stereocenters. The van der Waals surface area contributed by atoms with Gasteiger partial charge in [-0.15, -0.1) is 0 Å². The van der Waals surface area contributed by atoms with Gasteiger partial charge in [0, 0.05) is 30.0 Å². The molecular weight excluding hydrogens is 419 g/mol. The monoisotopic (exact) mass is 444 g/mol. The van der Waals surface area contributed by atoms with Crippen LogP contribution in [0.1, 0.15) is 33.7 Å². The van der Waals surface area contributed by atoms with Crippen LogP contribution >= 0.6 is 0 Å². The van der Waals surface area contributed by atoms with Gasteiger partial charge in [-0.3, -0.25) is 14.2 Å². The van der Waals surface area contributed by atoms with E-state index >= 15 is 0 Å². The molecule has 164 valence electrons. The summed E-state index contributed by atoms with van der Waals surface area (Å²) in [5, 5.41) is 7.23. The second kappa shape index (κ2) is 9.30. The first-order valence-electron chi connectivity index (χ1n) is 9.84. The summed E-state index contributed by atoms with van der Waals surface area (Å²) in [7, 11) is -3.86. The molecule has 0 aliphatic carbocycles. The fraction of sp³-hybridized carbons (Fsp3) is 0.273. The largest absolute Gasteiger partial charge is 0.352 e. The standard InChI is InChI=1S/C22H25FN4O3S/c1-15-13-20(9-10-21(15)23)31(29,30)26-19-7-5-18(6-8-19)22(28)24-11-4-12-27-17(3)14-16(2)25-27/h5-10,13-14,26H,4,11-12H2,1-3H3,(H,24,28). The van der Waals surface area contributed by atoms with Crippen LogP contribution in [0.3, 0.4) is 0 Å². The number of carbonyl (C=O) groups is 1. The summed E-state index contributed by atoms with van der Waals surface area (Å²) in [6.07, 6.45) is 0.739. The first-order valence-corrected chi connectivity index (χ1v) is 11.3. The smallest absolute Gasteiger partial charge is 0.261 e. The number of aromatic nitrogens is 2. The topological polar surface area (TPSA) is 93.1 Å². The molecule has 0 bridgehead atoms. The second-order valence-electron chi connectivity index (χ2n) is 7.35. The Hall–Kier alpha value is -3.20. The normalized spacial score (nSPS) is 11.4. The van der Waals surface area contributed by atoms with Crippen molar-refractivity contribution in [1.29, 1.82) is 0 Å². The van der Waals surface area contributed by atoms with E-state index in [-0.39, 0.29) is 16.4 Å². The summed E-state index contributed by atoms with van der Waals surface area (Å²) >= 11 is 0. The van der Waals surface area contributed by atoms with E-state index in [1.807, 2.05) is 24.6 Å². The number of rotatable bonds is 8. The average Bonchev–Trinajstić information content (AvgIpc) is 3.04. The van der Waals surface area contributed by atoms with Gasteiger partial charge >= 0.3 is 0 Å². The van der Waals surface area contributed by atoms with Crippen molar-refractivity contribution >= 4 is 21.6 Å². The molecule has 1 aromatic heterocycles. The van der Waals surface area contributed by atoms with Gasteiger partial charge in [0.15, 0.2) is 0 Å². The van der Waals surface area contributed by atoms with Crippen molar-refractivity contribution in [3.8, 4) is 0 Å². The van der Waals surface area contributed by atoms with Gasteiger partial charge < -0.3 is 5.32 Å². The predicted octanol–water partition coefficient (Wildman–Crippen LogP) is 3.57. The number of nitrogens with zero attached hydrogens (tertiary/aromatic N) is 2. The Morgan fingerprint density at radius 1 is 1.06 bits per heavy atom. The highest BCUT2D eigenvalue weighted by Crippen LogP contribution is 2.19. The number of benzene rings is 2. The van der Waals surface area contributed by atoms with E-state index in [2.05, 4.69) is 15.1 Å². The van der Waals surface area contributed by atoms with Gasteiger partial charge in [-0.2, -0.15) is 5.10 Å². The molecule has 0 aliphatic rings.